The number of hydrogen-bond acceptors (Lipinski definition) is 3. The fourth-order valence-corrected chi connectivity index (χ4v) is 2.42. The minimum Gasteiger partial charge on any atom is -0.467 e. The van der Waals surface area contributed by atoms with Crippen molar-refractivity contribution in [3.63, 3.8) is 0 Å². The number of alkyl halides is 1. The number of esters is 1. The van der Waals surface area contributed by atoms with E-state index in [1.807, 2.05) is 0 Å². The highest BCUT2D eigenvalue weighted by Crippen LogP contribution is 2.46. The van der Waals surface area contributed by atoms with Gasteiger partial charge in [-0.15, -0.1) is 11.6 Å². The van der Waals surface area contributed by atoms with Crippen LogP contribution in [0, 0.1) is 11.6 Å². The number of rotatable bonds is 1. The fraction of sp³-hybridized carbons (Fsp3) is 0.364. The fourth-order valence-electron chi connectivity index (χ4n) is 2.01. The zero-order valence-electron chi connectivity index (χ0n) is 8.84. The van der Waals surface area contributed by atoms with Gasteiger partial charge in [-0.05, 0) is 17.7 Å². The number of halogens is 3. The van der Waals surface area contributed by atoms with E-state index in [1.165, 1.54) is 0 Å². The number of aliphatic hydroxyl groups is 1. The molecule has 1 aliphatic carbocycles. The van der Waals surface area contributed by atoms with Crippen LogP contribution in [-0.4, -0.2) is 23.8 Å². The van der Waals surface area contributed by atoms with Crippen molar-refractivity contribution in [3.8, 4) is 0 Å². The molecular formula is C11H9ClF2O3. The van der Waals surface area contributed by atoms with Crippen LogP contribution in [0.3, 0.4) is 0 Å². The topological polar surface area (TPSA) is 46.5 Å². The Morgan fingerprint density at radius 2 is 2.12 bits per heavy atom. The lowest BCUT2D eigenvalue weighted by Gasteiger charge is -2.22. The summed E-state index contributed by atoms with van der Waals surface area (Å²) in [7, 11) is 1.07. The summed E-state index contributed by atoms with van der Waals surface area (Å²) >= 11 is 5.84. The van der Waals surface area contributed by atoms with Gasteiger partial charge in [-0.3, -0.25) is 0 Å². The molecular weight excluding hydrogens is 254 g/mol. The number of carbonyl (C=O) groups excluding carboxylic acids is 1. The smallest absolute Gasteiger partial charge is 0.340 e. The van der Waals surface area contributed by atoms with Crippen LogP contribution in [0.4, 0.5) is 8.78 Å². The summed E-state index contributed by atoms with van der Waals surface area (Å²) in [5, 5.41) is 8.70. The first-order valence-corrected chi connectivity index (χ1v) is 5.27. The summed E-state index contributed by atoms with van der Waals surface area (Å²) in [6.07, 6.45) is -0.396. The molecule has 3 nitrogen and oxygen atoms in total. The van der Waals surface area contributed by atoms with Gasteiger partial charge in [0.1, 0.15) is 17.0 Å². The van der Waals surface area contributed by atoms with Crippen LogP contribution in [0.5, 0.6) is 0 Å². The molecule has 0 radical (unpaired) electrons. The lowest BCUT2D eigenvalue weighted by Crippen LogP contribution is -2.42. The summed E-state index contributed by atoms with van der Waals surface area (Å²) in [4.78, 5) is 11.4. The molecule has 1 N–H and O–H groups in total. The maximum absolute atomic E-state index is 13.5. The van der Waals surface area contributed by atoms with Gasteiger partial charge in [0.05, 0.1) is 7.11 Å². The molecule has 2 atom stereocenters. The van der Waals surface area contributed by atoms with Crippen molar-refractivity contribution in [2.45, 2.75) is 17.4 Å². The highest BCUT2D eigenvalue weighted by Gasteiger charge is 2.53. The molecule has 0 bridgehead atoms. The second-order valence-corrected chi connectivity index (χ2v) is 4.31. The Kier molecular flexibility index (Phi) is 2.83. The summed E-state index contributed by atoms with van der Waals surface area (Å²) in [5.41, 5.74) is -2.39. The van der Waals surface area contributed by atoms with E-state index in [9.17, 15) is 18.7 Å². The first kappa shape index (κ1) is 12.3. The molecule has 1 aromatic rings. The molecule has 0 heterocycles. The van der Waals surface area contributed by atoms with Gasteiger partial charge < -0.3 is 9.84 Å². The van der Waals surface area contributed by atoms with Gasteiger partial charge in [0.25, 0.3) is 0 Å². The molecule has 0 aliphatic heterocycles. The molecule has 2 rings (SSSR count). The van der Waals surface area contributed by atoms with Crippen molar-refractivity contribution in [3.05, 3.63) is 34.9 Å². The normalized spacial score (nSPS) is 26.8. The summed E-state index contributed by atoms with van der Waals surface area (Å²) < 4.78 is 31.4. The van der Waals surface area contributed by atoms with Crippen molar-refractivity contribution in [1.29, 1.82) is 0 Å². The van der Waals surface area contributed by atoms with Gasteiger partial charge in [0, 0.05) is 12.0 Å². The molecule has 2 unspecified atom stereocenters. The van der Waals surface area contributed by atoms with Crippen LogP contribution in [0.1, 0.15) is 16.5 Å². The molecule has 1 aliphatic rings. The largest absolute Gasteiger partial charge is 0.467 e. The van der Waals surface area contributed by atoms with Gasteiger partial charge in [0.15, 0.2) is 5.60 Å². The highest BCUT2D eigenvalue weighted by atomic mass is 35.5. The third kappa shape index (κ3) is 1.61. The number of methoxy groups -OCH3 is 1. The number of ether oxygens (including phenoxy) is 1. The lowest BCUT2D eigenvalue weighted by molar-refractivity contribution is -0.161. The summed E-state index contributed by atoms with van der Waals surface area (Å²) in [5.74, 6) is -2.46. The number of benzene rings is 1. The number of hydrogen-bond donors (Lipinski definition) is 1. The van der Waals surface area contributed by atoms with Gasteiger partial charge in [0.2, 0.25) is 0 Å². The van der Waals surface area contributed by atoms with E-state index in [2.05, 4.69) is 4.74 Å². The van der Waals surface area contributed by atoms with E-state index in [0.717, 1.165) is 19.2 Å². The monoisotopic (exact) mass is 262 g/mol. The van der Waals surface area contributed by atoms with Crippen LogP contribution >= 0.6 is 11.6 Å². The standard InChI is InChI=1S/C11H9ClF2O3/c1-17-10(15)11(16)4-5-6(13)2-3-7(14)8(5)9(11)12/h2-3,9,16H,4H2,1H3. The Labute approximate surface area is 101 Å². The molecule has 0 saturated carbocycles. The van der Waals surface area contributed by atoms with Gasteiger partial charge >= 0.3 is 5.97 Å². The molecule has 6 heteroatoms. The van der Waals surface area contributed by atoms with E-state index in [-0.39, 0.29) is 11.1 Å². The Morgan fingerprint density at radius 1 is 1.53 bits per heavy atom. The van der Waals surface area contributed by atoms with Crippen molar-refractivity contribution in [1.82, 2.24) is 0 Å². The average Bonchev–Trinajstić information content (AvgIpc) is 2.59. The predicted octanol–water partition coefficient (Wildman–Crippen LogP) is 1.70. The third-order valence-electron chi connectivity index (χ3n) is 2.90. The maximum atomic E-state index is 13.5. The van der Waals surface area contributed by atoms with Gasteiger partial charge in [-0.2, -0.15) is 0 Å². The van der Waals surface area contributed by atoms with Crippen molar-refractivity contribution in [2.75, 3.05) is 7.11 Å². The quantitative estimate of drug-likeness (QED) is 0.619. The van der Waals surface area contributed by atoms with E-state index in [4.69, 9.17) is 11.6 Å². The zero-order valence-corrected chi connectivity index (χ0v) is 9.59. The first-order valence-electron chi connectivity index (χ1n) is 4.83. The highest BCUT2D eigenvalue weighted by molar-refractivity contribution is 6.24. The van der Waals surface area contributed by atoms with Crippen LogP contribution in [0.15, 0.2) is 12.1 Å². The van der Waals surface area contributed by atoms with Gasteiger partial charge in [-0.25, -0.2) is 13.6 Å². The van der Waals surface area contributed by atoms with E-state index < -0.39 is 35.0 Å². The Morgan fingerprint density at radius 3 is 2.65 bits per heavy atom. The van der Waals surface area contributed by atoms with Crippen LogP contribution in [-0.2, 0) is 16.0 Å². The van der Waals surface area contributed by atoms with Crippen molar-refractivity contribution >= 4 is 17.6 Å². The summed E-state index contributed by atoms with van der Waals surface area (Å²) in [6, 6.07) is 1.84. The molecule has 0 amide bonds. The zero-order chi connectivity index (χ0) is 12.8. The van der Waals surface area contributed by atoms with Crippen LogP contribution in [0.25, 0.3) is 0 Å². The van der Waals surface area contributed by atoms with E-state index in [0.29, 0.717) is 0 Å². The predicted molar refractivity (Wildman–Crippen MR) is 55.6 cm³/mol. The molecule has 1 aromatic carbocycles. The molecule has 17 heavy (non-hydrogen) atoms. The number of fused-ring (bicyclic) bond motifs is 1. The molecule has 0 aromatic heterocycles. The second kappa shape index (κ2) is 3.92. The van der Waals surface area contributed by atoms with E-state index in [1.54, 1.807) is 0 Å². The molecule has 0 saturated heterocycles. The Balaban J connectivity index is 2.56. The SMILES string of the molecule is COC(=O)C1(O)Cc2c(F)ccc(F)c2C1Cl. The van der Waals surface area contributed by atoms with Crippen LogP contribution in [0.2, 0.25) is 0 Å². The van der Waals surface area contributed by atoms with Crippen LogP contribution < -0.4 is 0 Å². The number of carbonyl (C=O) groups is 1. The lowest BCUT2D eigenvalue weighted by atomic mass is 10.0. The van der Waals surface area contributed by atoms with Crippen molar-refractivity contribution < 1.29 is 23.4 Å². The van der Waals surface area contributed by atoms with Gasteiger partial charge in [-0.1, -0.05) is 0 Å². The Bertz CT molecular complexity index is 492. The van der Waals surface area contributed by atoms with E-state index >= 15 is 0 Å². The minimum absolute atomic E-state index is 0.0853. The maximum Gasteiger partial charge on any atom is 0.340 e. The molecule has 0 spiro atoms. The summed E-state index contributed by atoms with van der Waals surface area (Å²) in [6.45, 7) is 0. The average molecular weight is 263 g/mol. The minimum atomic E-state index is -2.12. The van der Waals surface area contributed by atoms with Crippen molar-refractivity contribution in [2.24, 2.45) is 0 Å². The molecule has 92 valence electrons. The molecule has 0 fully saturated rings. The Hall–Kier alpha value is -1.20. The first-order chi connectivity index (χ1) is 7.91. The second-order valence-electron chi connectivity index (χ2n) is 3.88. The third-order valence-corrected chi connectivity index (χ3v) is 3.48.